The highest BCUT2D eigenvalue weighted by Gasteiger charge is 2.30. The number of nitrogens with one attached hydrogen (secondary N) is 1. The fraction of sp³-hybridized carbons (Fsp3) is 0.500. The molecule has 19 heavy (non-hydrogen) atoms. The zero-order chi connectivity index (χ0) is 13.2. The second kappa shape index (κ2) is 5.83. The highest BCUT2D eigenvalue weighted by Crippen LogP contribution is 2.29. The van der Waals surface area contributed by atoms with Crippen molar-refractivity contribution in [3.05, 3.63) is 34.1 Å². The molecule has 0 amide bonds. The van der Waals surface area contributed by atoms with E-state index < -0.39 is 0 Å². The lowest BCUT2D eigenvalue weighted by Crippen LogP contribution is -2.36. The van der Waals surface area contributed by atoms with E-state index in [9.17, 15) is 4.39 Å². The third-order valence-electron chi connectivity index (χ3n) is 3.70. The minimum Gasteiger partial charge on any atom is -0.360 e. The number of rotatable bonds is 2. The summed E-state index contributed by atoms with van der Waals surface area (Å²) < 4.78 is 13.8. The highest BCUT2D eigenvalue weighted by molar-refractivity contribution is 9.10. The summed E-state index contributed by atoms with van der Waals surface area (Å²) in [6.07, 6.45) is 5.05. The van der Waals surface area contributed by atoms with Gasteiger partial charge in [-0.15, -0.1) is 0 Å². The minimum atomic E-state index is -0.206. The van der Waals surface area contributed by atoms with Crippen LogP contribution in [0.15, 0.2) is 27.7 Å². The Kier molecular flexibility index (Phi) is 4.12. The summed E-state index contributed by atoms with van der Waals surface area (Å²) in [6.45, 7) is 0. The van der Waals surface area contributed by atoms with Crippen LogP contribution in [0.25, 0.3) is 0 Å². The summed E-state index contributed by atoms with van der Waals surface area (Å²) in [5, 5.41) is 4.57. The van der Waals surface area contributed by atoms with Crippen LogP contribution in [0.5, 0.6) is 0 Å². The van der Waals surface area contributed by atoms with Crippen molar-refractivity contribution in [1.29, 1.82) is 0 Å². The van der Waals surface area contributed by atoms with E-state index in [1.165, 1.54) is 37.8 Å². The average Bonchev–Trinajstić information content (AvgIpc) is 2.80. The van der Waals surface area contributed by atoms with Gasteiger partial charge in [-0.05, 0) is 30.5 Å². The Labute approximate surface area is 125 Å². The molecule has 1 heterocycles. The Bertz CT molecular complexity index is 506. The van der Waals surface area contributed by atoms with Crippen molar-refractivity contribution in [1.82, 2.24) is 5.32 Å². The number of nitrogens with zero attached hydrogens (tertiary/aromatic N) is 1. The van der Waals surface area contributed by atoms with Gasteiger partial charge in [-0.3, -0.25) is 4.99 Å². The first-order valence-electron chi connectivity index (χ1n) is 6.63. The third-order valence-corrected chi connectivity index (χ3v) is 5.39. The molecule has 0 aromatic heterocycles. The zero-order valence-electron chi connectivity index (χ0n) is 10.5. The van der Waals surface area contributed by atoms with Crippen molar-refractivity contribution in [2.75, 3.05) is 0 Å². The molecule has 102 valence electrons. The molecule has 0 saturated heterocycles. The van der Waals surface area contributed by atoms with E-state index in [-0.39, 0.29) is 5.82 Å². The van der Waals surface area contributed by atoms with Gasteiger partial charge in [-0.1, -0.05) is 46.6 Å². The Balaban J connectivity index is 1.60. The summed E-state index contributed by atoms with van der Waals surface area (Å²) in [7, 11) is 0. The maximum absolute atomic E-state index is 13.0. The van der Waals surface area contributed by atoms with Crippen molar-refractivity contribution in [2.24, 2.45) is 4.99 Å². The number of aliphatic imine (C=N–C) groups is 1. The second-order valence-electron chi connectivity index (χ2n) is 5.06. The Morgan fingerprint density at radius 2 is 2.21 bits per heavy atom. The average molecular weight is 343 g/mol. The molecule has 1 saturated carbocycles. The maximum atomic E-state index is 13.0. The molecule has 1 aliphatic carbocycles. The van der Waals surface area contributed by atoms with E-state index in [1.807, 2.05) is 6.07 Å². The van der Waals surface area contributed by atoms with Crippen molar-refractivity contribution in [2.45, 2.75) is 43.5 Å². The fourth-order valence-electron chi connectivity index (χ4n) is 2.64. The van der Waals surface area contributed by atoms with Gasteiger partial charge in [-0.25, -0.2) is 4.39 Å². The lowest BCUT2D eigenvalue weighted by Gasteiger charge is -2.23. The second-order valence-corrected chi connectivity index (χ2v) is 6.88. The predicted molar refractivity (Wildman–Crippen MR) is 82.0 cm³/mol. The molecule has 1 aromatic rings. The van der Waals surface area contributed by atoms with Gasteiger partial charge in [0.25, 0.3) is 0 Å². The molecule has 1 fully saturated rings. The monoisotopic (exact) mass is 342 g/mol. The van der Waals surface area contributed by atoms with Crippen LogP contribution in [0.2, 0.25) is 0 Å². The van der Waals surface area contributed by atoms with Crippen LogP contribution in [0.3, 0.4) is 0 Å². The molecule has 2 nitrogen and oxygen atoms in total. The molecule has 1 aliphatic heterocycles. The van der Waals surface area contributed by atoms with E-state index in [0.29, 0.717) is 12.1 Å². The van der Waals surface area contributed by atoms with Crippen LogP contribution in [-0.2, 0) is 5.75 Å². The van der Waals surface area contributed by atoms with E-state index >= 15 is 0 Å². The molecule has 1 aromatic carbocycles. The van der Waals surface area contributed by atoms with Gasteiger partial charge in [0, 0.05) is 10.2 Å². The summed E-state index contributed by atoms with van der Waals surface area (Å²) in [5.41, 5.74) is 1.10. The first-order valence-corrected chi connectivity index (χ1v) is 8.41. The lowest BCUT2D eigenvalue weighted by atomic mass is 9.92. The molecule has 2 unspecified atom stereocenters. The van der Waals surface area contributed by atoms with Gasteiger partial charge in [0.15, 0.2) is 5.17 Å². The van der Waals surface area contributed by atoms with E-state index in [1.54, 1.807) is 11.8 Å². The number of thioether (sulfide) groups is 1. The summed E-state index contributed by atoms with van der Waals surface area (Å²) in [5.74, 6) is 0.606. The predicted octanol–water partition coefficient (Wildman–Crippen LogP) is 4.09. The highest BCUT2D eigenvalue weighted by atomic mass is 79.9. The molecular formula is C14H16BrFN2S. The number of hydrogen-bond acceptors (Lipinski definition) is 3. The number of benzene rings is 1. The first kappa shape index (κ1) is 13.4. The Morgan fingerprint density at radius 1 is 1.37 bits per heavy atom. The quantitative estimate of drug-likeness (QED) is 0.875. The summed E-state index contributed by atoms with van der Waals surface area (Å²) >= 11 is 5.11. The van der Waals surface area contributed by atoms with Crippen LogP contribution in [0, 0.1) is 5.82 Å². The number of fused-ring (bicyclic) bond motifs is 1. The summed E-state index contributed by atoms with van der Waals surface area (Å²) in [4.78, 5) is 4.75. The normalized spacial score (nSPS) is 25.7. The Hall–Kier alpha value is -0.550. The van der Waals surface area contributed by atoms with Crippen molar-refractivity contribution < 1.29 is 4.39 Å². The molecule has 5 heteroatoms. The van der Waals surface area contributed by atoms with Gasteiger partial charge < -0.3 is 5.32 Å². The zero-order valence-corrected chi connectivity index (χ0v) is 12.9. The fourth-order valence-corrected chi connectivity index (χ4v) is 4.31. The lowest BCUT2D eigenvalue weighted by molar-refractivity contribution is 0.385. The molecule has 0 radical (unpaired) electrons. The van der Waals surface area contributed by atoms with Gasteiger partial charge in [-0.2, -0.15) is 0 Å². The topological polar surface area (TPSA) is 24.4 Å². The van der Waals surface area contributed by atoms with Crippen molar-refractivity contribution >= 4 is 32.9 Å². The van der Waals surface area contributed by atoms with E-state index in [2.05, 4.69) is 21.2 Å². The Morgan fingerprint density at radius 3 is 3.00 bits per heavy atom. The summed E-state index contributed by atoms with van der Waals surface area (Å²) in [6, 6.07) is 5.87. The van der Waals surface area contributed by atoms with Crippen LogP contribution in [0.1, 0.15) is 31.2 Å². The SMILES string of the molecule is Fc1ccc(CSC2=NC3CCCCC3N2)c(Br)c1. The molecule has 0 spiro atoms. The first-order chi connectivity index (χ1) is 9.22. The number of halogens is 2. The van der Waals surface area contributed by atoms with Crippen LogP contribution < -0.4 is 5.32 Å². The molecule has 0 bridgehead atoms. The van der Waals surface area contributed by atoms with Gasteiger partial charge >= 0.3 is 0 Å². The standard InChI is InChI=1S/C14H16BrFN2S/c15-11-7-10(16)6-5-9(11)8-19-14-17-12-3-1-2-4-13(12)18-14/h5-7,12-13H,1-4,8H2,(H,17,18). The van der Waals surface area contributed by atoms with Crippen molar-refractivity contribution in [3.8, 4) is 0 Å². The molecule has 1 N–H and O–H groups in total. The minimum absolute atomic E-state index is 0.206. The third kappa shape index (κ3) is 3.14. The van der Waals surface area contributed by atoms with Gasteiger partial charge in [0.1, 0.15) is 5.82 Å². The molecule has 3 rings (SSSR count). The molecule has 2 aliphatic rings. The van der Waals surface area contributed by atoms with E-state index in [0.717, 1.165) is 21.0 Å². The smallest absolute Gasteiger partial charge is 0.157 e. The van der Waals surface area contributed by atoms with Crippen LogP contribution in [-0.4, -0.2) is 17.3 Å². The number of amidine groups is 1. The molecular weight excluding hydrogens is 327 g/mol. The van der Waals surface area contributed by atoms with Crippen LogP contribution >= 0.6 is 27.7 Å². The van der Waals surface area contributed by atoms with E-state index in [4.69, 9.17) is 4.99 Å². The largest absolute Gasteiger partial charge is 0.360 e. The van der Waals surface area contributed by atoms with Gasteiger partial charge in [0.2, 0.25) is 0 Å². The maximum Gasteiger partial charge on any atom is 0.157 e. The van der Waals surface area contributed by atoms with Crippen molar-refractivity contribution in [3.63, 3.8) is 0 Å². The number of hydrogen-bond donors (Lipinski definition) is 1. The molecule has 2 atom stereocenters. The van der Waals surface area contributed by atoms with Crippen LogP contribution in [0.4, 0.5) is 4.39 Å². The van der Waals surface area contributed by atoms with Gasteiger partial charge in [0.05, 0.1) is 12.1 Å².